The van der Waals surface area contributed by atoms with E-state index in [9.17, 15) is 14.4 Å². The summed E-state index contributed by atoms with van der Waals surface area (Å²) in [6.07, 6.45) is 1.43. The van der Waals surface area contributed by atoms with Gasteiger partial charge in [0.2, 0.25) is 0 Å². The number of carbonyl (C=O) groups excluding carboxylic acids is 3. The minimum absolute atomic E-state index is 0.133. The van der Waals surface area contributed by atoms with Crippen LogP contribution < -0.4 is 10.2 Å². The molecule has 4 rings (SSSR count). The number of nitrogens with zero attached hydrogens (tertiary/aromatic N) is 1. The second-order valence-electron chi connectivity index (χ2n) is 8.82. The van der Waals surface area contributed by atoms with Crippen molar-refractivity contribution >= 4 is 40.6 Å². The average molecular weight is 525 g/mol. The van der Waals surface area contributed by atoms with E-state index in [0.717, 1.165) is 16.7 Å². The van der Waals surface area contributed by atoms with Crippen LogP contribution in [-0.2, 0) is 24.2 Å². The highest BCUT2D eigenvalue weighted by molar-refractivity contribution is 6.48. The van der Waals surface area contributed by atoms with Gasteiger partial charge < -0.3 is 10.2 Å². The topological polar surface area (TPSA) is 66.5 Å². The van der Waals surface area contributed by atoms with Gasteiger partial charge >= 0.3 is 0 Å². The first-order chi connectivity index (χ1) is 18.4. The Morgan fingerprint density at radius 3 is 1.92 bits per heavy atom. The van der Waals surface area contributed by atoms with Gasteiger partial charge in [0.15, 0.2) is 0 Å². The van der Waals surface area contributed by atoms with E-state index in [1.807, 2.05) is 62.4 Å². The molecular weight excluding hydrogens is 496 g/mol. The van der Waals surface area contributed by atoms with Crippen molar-refractivity contribution in [2.24, 2.45) is 0 Å². The van der Waals surface area contributed by atoms with Crippen LogP contribution in [0.25, 0.3) is 0 Å². The molecule has 0 fully saturated rings. The van der Waals surface area contributed by atoms with Crippen molar-refractivity contribution in [3.63, 3.8) is 0 Å². The summed E-state index contributed by atoms with van der Waals surface area (Å²) in [5.41, 5.74) is 4.22. The number of nitrogens with one attached hydrogen (secondary N) is 1. The molecule has 1 N–H and O–H groups in total. The molecule has 0 aliphatic heterocycles. The summed E-state index contributed by atoms with van der Waals surface area (Å²) in [7, 11) is 0. The molecule has 192 valence electrons. The first-order valence-corrected chi connectivity index (χ1v) is 13.0. The fourth-order valence-electron chi connectivity index (χ4n) is 4.41. The lowest BCUT2D eigenvalue weighted by Crippen LogP contribution is -2.33. The number of hydrogen-bond donors (Lipinski definition) is 1. The third kappa shape index (κ3) is 5.84. The van der Waals surface area contributed by atoms with Crippen molar-refractivity contribution in [3.05, 3.63) is 130 Å². The number of anilines is 2. The molecule has 0 saturated carbocycles. The number of hydrogen-bond acceptors (Lipinski definition) is 3. The lowest BCUT2D eigenvalue weighted by atomic mass is 10.0. The second kappa shape index (κ2) is 12.3. The summed E-state index contributed by atoms with van der Waals surface area (Å²) in [6.45, 7) is 4.20. The molecular formula is C32H29ClN2O3. The molecule has 4 aromatic carbocycles. The van der Waals surface area contributed by atoms with Gasteiger partial charge in [-0.3, -0.25) is 14.4 Å². The highest BCUT2D eigenvalue weighted by Gasteiger charge is 2.27. The number of Topliss-reactive ketones (excluding diaryl/α,β-unsaturated/α-hetero) is 1. The van der Waals surface area contributed by atoms with Crippen molar-refractivity contribution < 1.29 is 14.4 Å². The van der Waals surface area contributed by atoms with Crippen molar-refractivity contribution in [2.75, 3.05) is 10.2 Å². The van der Waals surface area contributed by atoms with Crippen molar-refractivity contribution in [2.45, 2.75) is 33.2 Å². The molecule has 0 spiro atoms. The van der Waals surface area contributed by atoms with Crippen molar-refractivity contribution in [1.82, 2.24) is 0 Å². The molecule has 2 amide bonds. The highest BCUT2D eigenvalue weighted by Crippen LogP contribution is 2.28. The SMILES string of the molecule is CCc1cccc(CC)c1NC(=O)C(=O)c1ccccc1N(Cc1ccccc1)C(=O)c1ccccc1Cl. The van der Waals surface area contributed by atoms with Gasteiger partial charge in [-0.2, -0.15) is 0 Å². The summed E-state index contributed by atoms with van der Waals surface area (Å²) in [5.74, 6) is -1.85. The Morgan fingerprint density at radius 1 is 0.711 bits per heavy atom. The number of amides is 2. The summed E-state index contributed by atoms with van der Waals surface area (Å²) in [6, 6.07) is 28.7. The van der Waals surface area contributed by atoms with Gasteiger partial charge in [-0.05, 0) is 53.8 Å². The Morgan fingerprint density at radius 2 is 1.29 bits per heavy atom. The van der Waals surface area contributed by atoms with Crippen LogP contribution in [0.4, 0.5) is 11.4 Å². The molecule has 0 aromatic heterocycles. The van der Waals surface area contributed by atoms with E-state index in [1.165, 1.54) is 4.90 Å². The molecule has 0 radical (unpaired) electrons. The van der Waals surface area contributed by atoms with Crippen LogP contribution in [0.2, 0.25) is 5.02 Å². The van der Waals surface area contributed by atoms with E-state index in [2.05, 4.69) is 5.32 Å². The van der Waals surface area contributed by atoms with Crippen LogP contribution in [0.5, 0.6) is 0 Å². The molecule has 0 saturated heterocycles. The summed E-state index contributed by atoms with van der Waals surface area (Å²) in [5, 5.41) is 3.16. The minimum Gasteiger partial charge on any atom is -0.319 e. The lowest BCUT2D eigenvalue weighted by molar-refractivity contribution is -0.112. The van der Waals surface area contributed by atoms with Gasteiger partial charge in [-0.15, -0.1) is 0 Å². The number of rotatable bonds is 9. The molecule has 0 aliphatic rings. The predicted octanol–water partition coefficient (Wildman–Crippen LogP) is 7.13. The number of aryl methyl sites for hydroxylation is 2. The number of carbonyl (C=O) groups is 3. The number of benzene rings is 4. The average Bonchev–Trinajstić information content (AvgIpc) is 2.96. The molecule has 0 unspecified atom stereocenters. The van der Waals surface area contributed by atoms with Gasteiger partial charge in [0, 0.05) is 5.69 Å². The van der Waals surface area contributed by atoms with Crippen molar-refractivity contribution in [1.29, 1.82) is 0 Å². The zero-order chi connectivity index (χ0) is 27.1. The Kier molecular flexibility index (Phi) is 8.72. The van der Waals surface area contributed by atoms with Gasteiger partial charge in [0.05, 0.1) is 28.4 Å². The molecule has 5 nitrogen and oxygen atoms in total. The summed E-state index contributed by atoms with van der Waals surface area (Å²) in [4.78, 5) is 42.2. The maximum atomic E-state index is 13.8. The normalized spacial score (nSPS) is 10.6. The molecule has 6 heteroatoms. The summed E-state index contributed by atoms with van der Waals surface area (Å²) < 4.78 is 0. The predicted molar refractivity (Wildman–Crippen MR) is 153 cm³/mol. The van der Waals surface area contributed by atoms with E-state index in [1.54, 1.807) is 48.5 Å². The van der Waals surface area contributed by atoms with Gasteiger partial charge in [-0.1, -0.05) is 98.2 Å². The standard InChI is InChI=1S/C32H29ClN2O3/c1-3-23-15-12-16-24(4-2)29(23)34-31(37)30(36)26-18-9-11-20-28(26)35(21-22-13-6-5-7-14-22)32(38)25-17-8-10-19-27(25)33/h5-20H,3-4,21H2,1-2H3,(H,34,37). The molecule has 0 atom stereocenters. The fourth-order valence-corrected chi connectivity index (χ4v) is 4.63. The fraction of sp³-hybridized carbons (Fsp3) is 0.156. The van der Waals surface area contributed by atoms with Crippen LogP contribution in [0.1, 0.15) is 51.3 Å². The zero-order valence-corrected chi connectivity index (χ0v) is 22.2. The molecule has 38 heavy (non-hydrogen) atoms. The smallest absolute Gasteiger partial charge is 0.296 e. The zero-order valence-electron chi connectivity index (χ0n) is 21.4. The van der Waals surface area contributed by atoms with E-state index in [4.69, 9.17) is 11.6 Å². The Balaban J connectivity index is 1.74. The maximum Gasteiger partial charge on any atom is 0.296 e. The maximum absolute atomic E-state index is 13.8. The lowest BCUT2D eigenvalue weighted by Gasteiger charge is -2.25. The van der Waals surface area contributed by atoms with E-state index in [0.29, 0.717) is 34.8 Å². The number of halogens is 1. The third-order valence-electron chi connectivity index (χ3n) is 6.42. The molecule has 0 heterocycles. The monoisotopic (exact) mass is 524 g/mol. The van der Waals surface area contributed by atoms with Crippen LogP contribution >= 0.6 is 11.6 Å². The Labute approximate surface area is 228 Å². The largest absolute Gasteiger partial charge is 0.319 e. The summed E-state index contributed by atoms with van der Waals surface area (Å²) >= 11 is 6.38. The molecule has 0 aliphatic carbocycles. The van der Waals surface area contributed by atoms with Gasteiger partial charge in [0.1, 0.15) is 0 Å². The highest BCUT2D eigenvalue weighted by atomic mass is 35.5. The number of para-hydroxylation sites is 2. The Bertz CT molecular complexity index is 1440. The quantitative estimate of drug-likeness (QED) is 0.187. The number of ketones is 1. The van der Waals surface area contributed by atoms with Crippen molar-refractivity contribution in [3.8, 4) is 0 Å². The van der Waals surface area contributed by atoms with E-state index >= 15 is 0 Å². The van der Waals surface area contributed by atoms with Crippen LogP contribution in [-0.4, -0.2) is 17.6 Å². The van der Waals surface area contributed by atoms with Gasteiger partial charge in [-0.25, -0.2) is 0 Å². The first-order valence-electron chi connectivity index (χ1n) is 12.6. The molecule has 0 bridgehead atoms. The van der Waals surface area contributed by atoms with Gasteiger partial charge in [0.25, 0.3) is 17.6 Å². The van der Waals surface area contributed by atoms with Crippen LogP contribution in [0.3, 0.4) is 0 Å². The molecule has 4 aromatic rings. The third-order valence-corrected chi connectivity index (χ3v) is 6.75. The second-order valence-corrected chi connectivity index (χ2v) is 9.22. The van der Waals surface area contributed by atoms with E-state index < -0.39 is 11.7 Å². The van der Waals surface area contributed by atoms with E-state index in [-0.39, 0.29) is 18.0 Å². The Hall–Kier alpha value is -4.22. The van der Waals surface area contributed by atoms with Crippen LogP contribution in [0.15, 0.2) is 97.1 Å². The minimum atomic E-state index is -0.752. The first kappa shape index (κ1) is 26.8. The van der Waals surface area contributed by atoms with Crippen LogP contribution in [0, 0.1) is 0 Å².